The molecule has 4 atom stereocenters. The Morgan fingerprint density at radius 3 is 2.79 bits per heavy atom. The summed E-state index contributed by atoms with van der Waals surface area (Å²) < 4.78 is 10.9. The summed E-state index contributed by atoms with van der Waals surface area (Å²) in [5, 5.41) is 14.2. The summed E-state index contributed by atoms with van der Waals surface area (Å²) >= 11 is 0. The van der Waals surface area contributed by atoms with Gasteiger partial charge in [-0.05, 0) is 63.5 Å². The molecule has 2 saturated carbocycles. The number of hydrogen-bond donors (Lipinski definition) is 2. The number of carbonyl (C=O) groups is 1. The molecule has 0 aromatic carbocycles. The molecule has 1 saturated heterocycles. The molecule has 2 aliphatic carbocycles. The number of carbonyl (C=O) groups excluding carboxylic acids is 1. The predicted octanol–water partition coefficient (Wildman–Crippen LogP) is 0.830. The largest absolute Gasteiger partial charge is 0.376 e. The first-order valence-electron chi connectivity index (χ1n) is 9.08. The Labute approximate surface area is 141 Å². The highest BCUT2D eigenvalue weighted by atomic mass is 16.6. The molecular weight excluding hydrogens is 308 g/mol. The lowest BCUT2D eigenvalue weighted by Gasteiger charge is -2.38. The van der Waals surface area contributed by atoms with Gasteiger partial charge in [0, 0.05) is 6.61 Å². The van der Waals surface area contributed by atoms with Crippen molar-refractivity contribution in [2.24, 2.45) is 17.8 Å². The van der Waals surface area contributed by atoms with Crippen molar-refractivity contribution in [2.75, 3.05) is 19.7 Å². The lowest BCUT2D eigenvalue weighted by atomic mass is 9.77. The van der Waals surface area contributed by atoms with Crippen molar-refractivity contribution in [2.45, 2.75) is 51.2 Å². The Bertz CT molecular complexity index is 586. The number of aromatic nitrogens is 2. The Morgan fingerprint density at radius 1 is 1.29 bits per heavy atom. The lowest BCUT2D eigenvalue weighted by molar-refractivity contribution is -0.123. The van der Waals surface area contributed by atoms with Gasteiger partial charge in [0.2, 0.25) is 5.91 Å². The number of nitrogens with one attached hydrogen (secondary N) is 2. The van der Waals surface area contributed by atoms with E-state index >= 15 is 0 Å². The number of hydrogen-bond acceptors (Lipinski definition) is 6. The molecule has 2 N–H and O–H groups in total. The second-order valence-corrected chi connectivity index (χ2v) is 7.61. The molecule has 1 aromatic rings. The van der Waals surface area contributed by atoms with E-state index in [1.165, 1.54) is 12.8 Å². The van der Waals surface area contributed by atoms with E-state index in [0.29, 0.717) is 23.2 Å². The number of rotatable bonds is 6. The number of aryl methyl sites for hydroxylation is 1. The number of fused-ring (bicyclic) bond motifs is 1. The third-order valence-corrected chi connectivity index (χ3v) is 5.68. The average Bonchev–Trinajstić information content (AvgIpc) is 3.14. The van der Waals surface area contributed by atoms with Gasteiger partial charge in [-0.3, -0.25) is 4.79 Å². The first-order valence-corrected chi connectivity index (χ1v) is 9.08. The van der Waals surface area contributed by atoms with Crippen LogP contribution in [0.25, 0.3) is 0 Å². The zero-order valence-electron chi connectivity index (χ0n) is 14.2. The van der Waals surface area contributed by atoms with Gasteiger partial charge in [0.25, 0.3) is 0 Å². The van der Waals surface area contributed by atoms with Crippen molar-refractivity contribution in [1.82, 2.24) is 20.9 Å². The normalized spacial score (nSPS) is 32.5. The highest BCUT2D eigenvalue weighted by Crippen LogP contribution is 2.36. The Balaban J connectivity index is 1.37. The minimum Gasteiger partial charge on any atom is -0.376 e. The predicted molar refractivity (Wildman–Crippen MR) is 86.2 cm³/mol. The van der Waals surface area contributed by atoms with Crippen molar-refractivity contribution in [1.29, 1.82) is 0 Å². The van der Waals surface area contributed by atoms with Gasteiger partial charge in [0.1, 0.15) is 11.4 Å². The summed E-state index contributed by atoms with van der Waals surface area (Å²) in [5.41, 5.74) is 1.29. The van der Waals surface area contributed by atoms with E-state index in [1.807, 2.05) is 0 Å². The maximum Gasteiger partial charge on any atom is 0.226 e. The monoisotopic (exact) mass is 334 g/mol. The minimum absolute atomic E-state index is 0.0248. The number of amides is 1. The van der Waals surface area contributed by atoms with Gasteiger partial charge < -0.3 is 15.4 Å². The second-order valence-electron chi connectivity index (χ2n) is 7.61. The van der Waals surface area contributed by atoms with Crippen molar-refractivity contribution in [3.05, 3.63) is 11.4 Å². The molecule has 132 valence electrons. The Hall–Kier alpha value is -1.47. The van der Waals surface area contributed by atoms with Crippen LogP contribution in [0.2, 0.25) is 0 Å². The van der Waals surface area contributed by atoms with E-state index in [-0.39, 0.29) is 24.5 Å². The van der Waals surface area contributed by atoms with Crippen molar-refractivity contribution >= 4 is 5.91 Å². The van der Waals surface area contributed by atoms with E-state index < -0.39 is 0 Å². The maximum atomic E-state index is 12.4. The smallest absolute Gasteiger partial charge is 0.226 e. The van der Waals surface area contributed by atoms with Gasteiger partial charge in [0.05, 0.1) is 18.6 Å². The van der Waals surface area contributed by atoms with E-state index in [9.17, 15) is 4.79 Å². The maximum absolute atomic E-state index is 12.4. The third-order valence-electron chi connectivity index (χ3n) is 5.68. The summed E-state index contributed by atoms with van der Waals surface area (Å²) in [6.07, 6.45) is 4.96. The molecule has 7 heteroatoms. The molecule has 3 fully saturated rings. The molecule has 2 heterocycles. The summed E-state index contributed by atoms with van der Waals surface area (Å²) in [4.78, 5) is 12.4. The fraction of sp³-hybridized carbons (Fsp3) is 0.824. The van der Waals surface area contributed by atoms with E-state index in [2.05, 4.69) is 25.6 Å². The summed E-state index contributed by atoms with van der Waals surface area (Å²) in [5.74, 6) is 2.05. The van der Waals surface area contributed by atoms with Gasteiger partial charge >= 0.3 is 0 Å². The Kier molecular flexibility index (Phi) is 4.54. The standard InChI is InChI=1S/C17H26N4O3/c1-10-14(21-24-20-10)6-17(22)19-15-4-12-7-18-8-13(12)5-16(15)23-9-11-2-3-11/h11-13,15-16,18H,2-9H2,1H3,(H,19,22)/t12-,13+,15-,16-/m0/s1. The zero-order chi connectivity index (χ0) is 16.5. The number of ether oxygens (including phenoxy) is 1. The van der Waals surface area contributed by atoms with Crippen LogP contribution in [-0.4, -0.2) is 48.1 Å². The fourth-order valence-electron chi connectivity index (χ4n) is 3.98. The van der Waals surface area contributed by atoms with Gasteiger partial charge in [-0.25, -0.2) is 4.63 Å². The molecule has 0 radical (unpaired) electrons. The number of nitrogens with zero attached hydrogens (tertiary/aromatic N) is 2. The van der Waals surface area contributed by atoms with Crippen LogP contribution in [-0.2, 0) is 16.0 Å². The van der Waals surface area contributed by atoms with Crippen LogP contribution >= 0.6 is 0 Å². The van der Waals surface area contributed by atoms with Gasteiger partial charge in [0.15, 0.2) is 0 Å². The van der Waals surface area contributed by atoms with E-state index in [4.69, 9.17) is 4.74 Å². The molecule has 3 aliphatic rings. The molecule has 4 rings (SSSR count). The van der Waals surface area contributed by atoms with Crippen molar-refractivity contribution < 1.29 is 14.2 Å². The molecule has 7 nitrogen and oxygen atoms in total. The van der Waals surface area contributed by atoms with Crippen LogP contribution in [0.1, 0.15) is 37.1 Å². The topological polar surface area (TPSA) is 89.3 Å². The minimum atomic E-state index is -0.0248. The molecule has 1 aliphatic heterocycles. The SMILES string of the molecule is Cc1nonc1CC(=O)N[C@H]1C[C@H]2CNC[C@H]2C[C@@H]1OCC1CC1. The van der Waals surface area contributed by atoms with Crippen LogP contribution in [0.15, 0.2) is 4.63 Å². The fourth-order valence-corrected chi connectivity index (χ4v) is 3.98. The molecule has 0 spiro atoms. The van der Waals surface area contributed by atoms with Crippen LogP contribution in [0, 0.1) is 24.7 Å². The second kappa shape index (κ2) is 6.80. The summed E-state index contributed by atoms with van der Waals surface area (Å²) in [7, 11) is 0. The molecule has 0 unspecified atom stereocenters. The van der Waals surface area contributed by atoms with E-state index in [0.717, 1.165) is 38.5 Å². The van der Waals surface area contributed by atoms with Crippen molar-refractivity contribution in [3.63, 3.8) is 0 Å². The average molecular weight is 334 g/mol. The molecular formula is C17H26N4O3. The quantitative estimate of drug-likeness (QED) is 0.801. The summed E-state index contributed by atoms with van der Waals surface area (Å²) in [6.45, 7) is 4.78. The first kappa shape index (κ1) is 16.0. The molecule has 24 heavy (non-hydrogen) atoms. The third kappa shape index (κ3) is 3.62. The van der Waals surface area contributed by atoms with Crippen LogP contribution in [0.3, 0.4) is 0 Å². The van der Waals surface area contributed by atoms with Crippen LogP contribution < -0.4 is 10.6 Å². The molecule has 1 amide bonds. The van der Waals surface area contributed by atoms with Crippen LogP contribution in [0.4, 0.5) is 0 Å². The Morgan fingerprint density at radius 2 is 2.08 bits per heavy atom. The molecule has 1 aromatic heterocycles. The lowest BCUT2D eigenvalue weighted by Crippen LogP contribution is -2.51. The van der Waals surface area contributed by atoms with Gasteiger partial charge in [-0.2, -0.15) is 0 Å². The molecule has 0 bridgehead atoms. The van der Waals surface area contributed by atoms with Gasteiger partial charge in [-0.1, -0.05) is 10.3 Å². The van der Waals surface area contributed by atoms with E-state index in [1.54, 1.807) is 6.92 Å². The highest BCUT2D eigenvalue weighted by molar-refractivity contribution is 5.78. The zero-order valence-corrected chi connectivity index (χ0v) is 14.2. The van der Waals surface area contributed by atoms with Crippen molar-refractivity contribution in [3.8, 4) is 0 Å². The van der Waals surface area contributed by atoms with Crippen LogP contribution in [0.5, 0.6) is 0 Å². The summed E-state index contributed by atoms with van der Waals surface area (Å²) in [6, 6.07) is 0.0950. The highest BCUT2D eigenvalue weighted by Gasteiger charge is 2.41. The first-order chi connectivity index (χ1) is 11.7. The van der Waals surface area contributed by atoms with Gasteiger partial charge in [-0.15, -0.1) is 0 Å².